The lowest BCUT2D eigenvalue weighted by atomic mass is 9.77. The molecule has 2 heterocycles. The van der Waals surface area contributed by atoms with Crippen LogP contribution in [0.2, 0.25) is 0 Å². The summed E-state index contributed by atoms with van der Waals surface area (Å²) in [6.07, 6.45) is 0.982. The van der Waals surface area contributed by atoms with Crippen molar-refractivity contribution in [1.29, 1.82) is 0 Å². The van der Waals surface area contributed by atoms with E-state index in [2.05, 4.69) is 4.90 Å². The molecule has 2 aliphatic rings. The number of hydrogen-bond donors (Lipinski definition) is 1. The standard InChI is InChI=1S/C16H22FNO3/c1-3-21-13-4-5-14(15(17)6-13)16(19)7-11-9-20-10-12(8-16)18(11)2/h4-6,11-12,19H,3,7-10H2,1-2H3. The van der Waals surface area contributed by atoms with Gasteiger partial charge >= 0.3 is 0 Å². The van der Waals surface area contributed by atoms with Crippen LogP contribution in [0.5, 0.6) is 5.75 Å². The van der Waals surface area contributed by atoms with E-state index in [0.29, 0.717) is 44.0 Å². The van der Waals surface area contributed by atoms with Gasteiger partial charge in [-0.05, 0) is 38.9 Å². The third-order valence-corrected chi connectivity index (χ3v) is 4.67. The lowest BCUT2D eigenvalue weighted by molar-refractivity contribution is -0.138. The topological polar surface area (TPSA) is 41.9 Å². The second kappa shape index (κ2) is 5.55. The maximum Gasteiger partial charge on any atom is 0.132 e. The summed E-state index contributed by atoms with van der Waals surface area (Å²) >= 11 is 0. The molecule has 0 radical (unpaired) electrons. The summed E-state index contributed by atoms with van der Waals surface area (Å²) < 4.78 is 25.2. The first-order chi connectivity index (χ1) is 10.0. The van der Waals surface area contributed by atoms with E-state index in [1.165, 1.54) is 6.07 Å². The van der Waals surface area contributed by atoms with E-state index in [9.17, 15) is 9.50 Å². The molecule has 2 atom stereocenters. The van der Waals surface area contributed by atoms with Crippen molar-refractivity contribution in [2.75, 3.05) is 26.9 Å². The van der Waals surface area contributed by atoms with Gasteiger partial charge in [-0.2, -0.15) is 0 Å². The van der Waals surface area contributed by atoms with Crippen LogP contribution < -0.4 is 4.74 Å². The molecule has 21 heavy (non-hydrogen) atoms. The first-order valence-electron chi connectivity index (χ1n) is 7.48. The summed E-state index contributed by atoms with van der Waals surface area (Å²) in [6, 6.07) is 5.01. The fourth-order valence-electron chi connectivity index (χ4n) is 3.49. The molecule has 2 fully saturated rings. The molecule has 0 aromatic heterocycles. The smallest absolute Gasteiger partial charge is 0.132 e. The Balaban J connectivity index is 1.89. The van der Waals surface area contributed by atoms with Crippen molar-refractivity contribution in [2.45, 2.75) is 37.5 Å². The lowest BCUT2D eigenvalue weighted by Gasteiger charge is -2.50. The molecule has 116 valence electrons. The summed E-state index contributed by atoms with van der Waals surface area (Å²) in [7, 11) is 2.05. The number of piperidine rings is 1. The van der Waals surface area contributed by atoms with Gasteiger partial charge in [0, 0.05) is 23.7 Å². The third-order valence-electron chi connectivity index (χ3n) is 4.67. The highest BCUT2D eigenvalue weighted by atomic mass is 19.1. The van der Waals surface area contributed by atoms with Crippen molar-refractivity contribution >= 4 is 0 Å². The molecule has 2 saturated heterocycles. The fourth-order valence-corrected chi connectivity index (χ4v) is 3.49. The number of likely N-dealkylation sites (N-methyl/N-ethyl adjacent to an activating group) is 1. The molecular weight excluding hydrogens is 273 g/mol. The maximum atomic E-state index is 14.4. The van der Waals surface area contributed by atoms with Crippen LogP contribution in [0, 0.1) is 5.82 Å². The molecule has 5 heteroatoms. The van der Waals surface area contributed by atoms with Crippen LogP contribution in [0.4, 0.5) is 4.39 Å². The van der Waals surface area contributed by atoms with Crippen molar-refractivity contribution in [3.05, 3.63) is 29.6 Å². The molecule has 2 unspecified atom stereocenters. The zero-order valence-corrected chi connectivity index (χ0v) is 12.5. The minimum Gasteiger partial charge on any atom is -0.494 e. The molecule has 0 spiro atoms. The second-order valence-corrected chi connectivity index (χ2v) is 6.03. The number of benzene rings is 1. The van der Waals surface area contributed by atoms with Crippen molar-refractivity contribution in [1.82, 2.24) is 4.90 Å². The number of nitrogens with zero attached hydrogens (tertiary/aromatic N) is 1. The molecular formula is C16H22FNO3. The Bertz CT molecular complexity index is 508. The van der Waals surface area contributed by atoms with Crippen LogP contribution in [0.15, 0.2) is 18.2 Å². The summed E-state index contributed by atoms with van der Waals surface area (Å²) in [6.45, 7) is 3.54. The zero-order chi connectivity index (χ0) is 15.0. The van der Waals surface area contributed by atoms with Gasteiger partial charge in [-0.3, -0.25) is 4.90 Å². The first kappa shape index (κ1) is 14.8. The van der Waals surface area contributed by atoms with Gasteiger partial charge in [0.05, 0.1) is 25.4 Å². The predicted molar refractivity (Wildman–Crippen MR) is 76.9 cm³/mol. The van der Waals surface area contributed by atoms with Gasteiger partial charge in [0.2, 0.25) is 0 Å². The van der Waals surface area contributed by atoms with Crippen molar-refractivity contribution in [2.24, 2.45) is 0 Å². The van der Waals surface area contributed by atoms with Crippen molar-refractivity contribution in [3.63, 3.8) is 0 Å². The Morgan fingerprint density at radius 3 is 2.62 bits per heavy atom. The highest BCUT2D eigenvalue weighted by molar-refractivity contribution is 5.33. The minimum atomic E-state index is -1.12. The van der Waals surface area contributed by atoms with Gasteiger partial charge in [0.25, 0.3) is 0 Å². The number of hydrogen-bond acceptors (Lipinski definition) is 4. The Morgan fingerprint density at radius 1 is 1.38 bits per heavy atom. The minimum absolute atomic E-state index is 0.133. The van der Waals surface area contributed by atoms with Crippen LogP contribution in [-0.4, -0.2) is 49.0 Å². The molecule has 1 aromatic carbocycles. The number of rotatable bonds is 3. The van der Waals surface area contributed by atoms with Gasteiger partial charge in [-0.1, -0.05) is 0 Å². The summed E-state index contributed by atoms with van der Waals surface area (Å²) in [5.41, 5.74) is -0.753. The molecule has 0 saturated carbocycles. The van der Waals surface area contributed by atoms with Crippen LogP contribution in [-0.2, 0) is 10.3 Å². The monoisotopic (exact) mass is 295 g/mol. The molecule has 4 nitrogen and oxygen atoms in total. The number of aliphatic hydroxyl groups is 1. The Morgan fingerprint density at radius 2 is 2.05 bits per heavy atom. The number of morpholine rings is 1. The maximum absolute atomic E-state index is 14.4. The highest BCUT2D eigenvalue weighted by Crippen LogP contribution is 2.41. The van der Waals surface area contributed by atoms with Crippen LogP contribution in [0.3, 0.4) is 0 Å². The van der Waals surface area contributed by atoms with E-state index < -0.39 is 11.4 Å². The molecule has 1 aromatic rings. The van der Waals surface area contributed by atoms with E-state index in [1.807, 2.05) is 14.0 Å². The SMILES string of the molecule is CCOc1ccc(C2(O)CC3COCC(C2)N3C)c(F)c1. The van der Waals surface area contributed by atoms with Crippen LogP contribution >= 0.6 is 0 Å². The van der Waals surface area contributed by atoms with Crippen LogP contribution in [0.1, 0.15) is 25.3 Å². The second-order valence-electron chi connectivity index (χ2n) is 6.03. The average molecular weight is 295 g/mol. The fraction of sp³-hybridized carbons (Fsp3) is 0.625. The van der Waals surface area contributed by atoms with E-state index in [4.69, 9.17) is 9.47 Å². The largest absolute Gasteiger partial charge is 0.494 e. The summed E-state index contributed by atoms with van der Waals surface area (Å²) in [5.74, 6) is 0.103. The first-order valence-corrected chi connectivity index (χ1v) is 7.48. The van der Waals surface area contributed by atoms with E-state index in [1.54, 1.807) is 12.1 Å². The highest BCUT2D eigenvalue weighted by Gasteiger charge is 2.46. The van der Waals surface area contributed by atoms with Gasteiger partial charge in [-0.15, -0.1) is 0 Å². The van der Waals surface area contributed by atoms with Gasteiger partial charge in [-0.25, -0.2) is 4.39 Å². The summed E-state index contributed by atoms with van der Waals surface area (Å²) in [4.78, 5) is 2.24. The van der Waals surface area contributed by atoms with E-state index >= 15 is 0 Å². The molecule has 0 amide bonds. The number of halogens is 1. The quantitative estimate of drug-likeness (QED) is 0.925. The summed E-state index contributed by atoms with van der Waals surface area (Å²) in [5, 5.41) is 11.0. The van der Waals surface area contributed by atoms with E-state index in [0.717, 1.165) is 0 Å². The number of ether oxygens (including phenoxy) is 2. The third kappa shape index (κ3) is 2.65. The average Bonchev–Trinajstić information content (AvgIpc) is 2.41. The normalized spacial score (nSPS) is 33.0. The molecule has 3 rings (SSSR count). The van der Waals surface area contributed by atoms with Gasteiger partial charge in [0.1, 0.15) is 11.6 Å². The zero-order valence-electron chi connectivity index (χ0n) is 12.5. The van der Waals surface area contributed by atoms with Crippen molar-refractivity contribution < 1.29 is 19.0 Å². The molecule has 2 bridgehead atoms. The van der Waals surface area contributed by atoms with E-state index in [-0.39, 0.29) is 12.1 Å². The van der Waals surface area contributed by atoms with Crippen LogP contribution in [0.25, 0.3) is 0 Å². The molecule has 0 aliphatic carbocycles. The Hall–Kier alpha value is -1.17. The number of fused-ring (bicyclic) bond motifs is 2. The molecule has 2 aliphatic heterocycles. The lowest BCUT2D eigenvalue weighted by Crippen LogP contribution is -2.59. The van der Waals surface area contributed by atoms with Crippen molar-refractivity contribution in [3.8, 4) is 5.75 Å². The Kier molecular flexibility index (Phi) is 3.90. The van der Waals surface area contributed by atoms with Gasteiger partial charge < -0.3 is 14.6 Å². The Labute approximate surface area is 124 Å². The van der Waals surface area contributed by atoms with Gasteiger partial charge in [0.15, 0.2) is 0 Å². The molecule has 1 N–H and O–H groups in total. The predicted octanol–water partition coefficient (Wildman–Crippen LogP) is 1.91.